The summed E-state index contributed by atoms with van der Waals surface area (Å²) in [6, 6.07) is 10.5. The molecule has 0 spiro atoms. The third-order valence-corrected chi connectivity index (χ3v) is 4.05. The molecule has 1 aromatic carbocycles. The third kappa shape index (κ3) is 2.53. The van der Waals surface area contributed by atoms with Gasteiger partial charge in [-0.1, -0.05) is 37.6 Å². The van der Waals surface area contributed by atoms with Crippen molar-refractivity contribution in [2.75, 3.05) is 5.73 Å². The van der Waals surface area contributed by atoms with Crippen LogP contribution in [0.3, 0.4) is 0 Å². The molecule has 0 amide bonds. The summed E-state index contributed by atoms with van der Waals surface area (Å²) in [4.78, 5) is 9.03. The number of hydrogen-bond acceptors (Lipinski definition) is 3. The Labute approximate surface area is 120 Å². The number of anilines is 1. The molecule has 1 aromatic heterocycles. The van der Waals surface area contributed by atoms with Gasteiger partial charge in [-0.2, -0.15) is 0 Å². The van der Waals surface area contributed by atoms with Crippen LogP contribution in [0, 0.1) is 0 Å². The van der Waals surface area contributed by atoms with E-state index in [4.69, 9.17) is 10.7 Å². The van der Waals surface area contributed by atoms with Crippen molar-refractivity contribution in [2.45, 2.75) is 44.9 Å². The van der Waals surface area contributed by atoms with E-state index in [1.165, 1.54) is 30.4 Å². The second-order valence-corrected chi connectivity index (χ2v) is 5.56. The van der Waals surface area contributed by atoms with Crippen LogP contribution >= 0.6 is 0 Å². The predicted octanol–water partition coefficient (Wildman–Crippen LogP) is 3.95. The number of nitrogens with two attached hydrogens (primary N) is 1. The van der Waals surface area contributed by atoms with Crippen LogP contribution in [0.25, 0.3) is 11.3 Å². The third-order valence-electron chi connectivity index (χ3n) is 4.05. The minimum Gasteiger partial charge on any atom is -0.384 e. The number of rotatable bonds is 4. The van der Waals surface area contributed by atoms with E-state index in [1.54, 1.807) is 0 Å². The Morgan fingerprint density at radius 2 is 2.00 bits per heavy atom. The molecule has 104 valence electrons. The van der Waals surface area contributed by atoms with Crippen LogP contribution in [0.15, 0.2) is 30.3 Å². The molecule has 2 N–H and O–H groups in total. The zero-order valence-electron chi connectivity index (χ0n) is 12.0. The van der Waals surface area contributed by atoms with Crippen molar-refractivity contribution in [1.29, 1.82) is 0 Å². The Kier molecular flexibility index (Phi) is 3.68. The second kappa shape index (κ2) is 5.61. The Hall–Kier alpha value is -1.90. The smallest absolute Gasteiger partial charge is 0.131 e. The van der Waals surface area contributed by atoms with Crippen LogP contribution in [0.5, 0.6) is 0 Å². The Balaban J connectivity index is 2.04. The highest BCUT2D eigenvalue weighted by molar-refractivity contribution is 5.66. The first-order valence-corrected chi connectivity index (χ1v) is 7.50. The topological polar surface area (TPSA) is 51.8 Å². The highest BCUT2D eigenvalue weighted by Crippen LogP contribution is 2.40. The summed E-state index contributed by atoms with van der Waals surface area (Å²) >= 11 is 0. The number of hydrogen-bond donors (Lipinski definition) is 1. The van der Waals surface area contributed by atoms with Gasteiger partial charge in [-0.3, -0.25) is 0 Å². The number of nitrogen functional groups attached to an aromatic ring is 1. The SMILES string of the molecule is CCCc1nc(N)cc(-c2ccccc2C2CCC2)n1. The van der Waals surface area contributed by atoms with Crippen molar-refractivity contribution in [2.24, 2.45) is 0 Å². The fourth-order valence-corrected chi connectivity index (χ4v) is 2.80. The van der Waals surface area contributed by atoms with E-state index in [-0.39, 0.29) is 0 Å². The van der Waals surface area contributed by atoms with E-state index in [0.717, 1.165) is 24.4 Å². The Morgan fingerprint density at radius 3 is 2.70 bits per heavy atom. The van der Waals surface area contributed by atoms with Gasteiger partial charge < -0.3 is 5.73 Å². The molecule has 0 radical (unpaired) electrons. The lowest BCUT2D eigenvalue weighted by Gasteiger charge is -2.27. The quantitative estimate of drug-likeness (QED) is 0.912. The van der Waals surface area contributed by atoms with Crippen molar-refractivity contribution < 1.29 is 0 Å². The molecule has 3 nitrogen and oxygen atoms in total. The van der Waals surface area contributed by atoms with E-state index >= 15 is 0 Å². The number of nitrogens with zero attached hydrogens (tertiary/aromatic N) is 2. The molecule has 0 atom stereocenters. The highest BCUT2D eigenvalue weighted by Gasteiger charge is 2.22. The predicted molar refractivity (Wildman–Crippen MR) is 82.5 cm³/mol. The zero-order chi connectivity index (χ0) is 13.9. The average molecular weight is 267 g/mol. The number of benzene rings is 1. The molecule has 1 saturated carbocycles. The van der Waals surface area contributed by atoms with Gasteiger partial charge in [0.05, 0.1) is 5.69 Å². The van der Waals surface area contributed by atoms with E-state index in [1.807, 2.05) is 6.07 Å². The highest BCUT2D eigenvalue weighted by atomic mass is 14.9. The Bertz CT molecular complexity index is 603. The van der Waals surface area contributed by atoms with Gasteiger partial charge in [0.1, 0.15) is 11.6 Å². The lowest BCUT2D eigenvalue weighted by molar-refractivity contribution is 0.420. The maximum absolute atomic E-state index is 5.95. The van der Waals surface area contributed by atoms with Crippen LogP contribution in [0.2, 0.25) is 0 Å². The fraction of sp³-hybridized carbons (Fsp3) is 0.412. The van der Waals surface area contributed by atoms with Crippen LogP contribution in [-0.2, 0) is 6.42 Å². The van der Waals surface area contributed by atoms with Crippen LogP contribution < -0.4 is 5.73 Å². The first-order valence-electron chi connectivity index (χ1n) is 7.50. The summed E-state index contributed by atoms with van der Waals surface area (Å²) in [5.41, 5.74) is 9.57. The van der Waals surface area contributed by atoms with Crippen LogP contribution in [0.4, 0.5) is 5.82 Å². The summed E-state index contributed by atoms with van der Waals surface area (Å²) in [7, 11) is 0. The molecule has 1 heterocycles. The minimum absolute atomic E-state index is 0.571. The van der Waals surface area contributed by atoms with Crippen molar-refractivity contribution in [1.82, 2.24) is 9.97 Å². The van der Waals surface area contributed by atoms with Gasteiger partial charge in [-0.05, 0) is 30.7 Å². The number of aryl methyl sites for hydroxylation is 1. The summed E-state index contributed by atoms with van der Waals surface area (Å²) in [5, 5.41) is 0. The van der Waals surface area contributed by atoms with E-state index < -0.39 is 0 Å². The maximum Gasteiger partial charge on any atom is 0.131 e. The van der Waals surface area contributed by atoms with Gasteiger partial charge in [0, 0.05) is 18.1 Å². The lowest BCUT2D eigenvalue weighted by atomic mass is 9.78. The first kappa shape index (κ1) is 13.1. The van der Waals surface area contributed by atoms with Crippen LogP contribution in [0.1, 0.15) is 49.9 Å². The standard InChI is InChI=1S/C17H21N3/c1-2-6-17-19-15(11-16(18)20-17)14-10-4-3-9-13(14)12-7-5-8-12/h3-4,9-12H,2,5-8H2,1H3,(H2,18,19,20). The van der Waals surface area contributed by atoms with Gasteiger partial charge in [-0.15, -0.1) is 0 Å². The van der Waals surface area contributed by atoms with Crippen molar-refractivity contribution in [3.63, 3.8) is 0 Å². The van der Waals surface area contributed by atoms with Crippen molar-refractivity contribution in [3.8, 4) is 11.3 Å². The summed E-state index contributed by atoms with van der Waals surface area (Å²) in [6.45, 7) is 2.13. The van der Waals surface area contributed by atoms with Crippen LogP contribution in [-0.4, -0.2) is 9.97 Å². The molecule has 0 bridgehead atoms. The minimum atomic E-state index is 0.571. The van der Waals surface area contributed by atoms with Gasteiger partial charge in [0.15, 0.2) is 0 Å². The molecular formula is C17H21N3. The molecule has 1 aliphatic carbocycles. The molecule has 3 heteroatoms. The molecule has 1 fully saturated rings. The monoisotopic (exact) mass is 267 g/mol. The molecule has 0 saturated heterocycles. The van der Waals surface area contributed by atoms with E-state index in [2.05, 4.69) is 36.2 Å². The van der Waals surface area contributed by atoms with E-state index in [9.17, 15) is 0 Å². The number of aromatic nitrogens is 2. The normalized spacial score (nSPS) is 15.1. The largest absolute Gasteiger partial charge is 0.384 e. The fourth-order valence-electron chi connectivity index (χ4n) is 2.80. The lowest BCUT2D eigenvalue weighted by Crippen LogP contribution is -2.10. The second-order valence-electron chi connectivity index (χ2n) is 5.56. The summed E-state index contributed by atoms with van der Waals surface area (Å²) < 4.78 is 0. The van der Waals surface area contributed by atoms with Crippen molar-refractivity contribution >= 4 is 5.82 Å². The first-order chi connectivity index (χ1) is 9.78. The molecule has 20 heavy (non-hydrogen) atoms. The van der Waals surface area contributed by atoms with E-state index in [0.29, 0.717) is 11.7 Å². The average Bonchev–Trinajstić information content (AvgIpc) is 2.37. The van der Waals surface area contributed by atoms with Gasteiger partial charge in [0.25, 0.3) is 0 Å². The summed E-state index contributed by atoms with van der Waals surface area (Å²) in [5.74, 6) is 2.12. The van der Waals surface area contributed by atoms with Gasteiger partial charge in [-0.25, -0.2) is 9.97 Å². The van der Waals surface area contributed by atoms with Gasteiger partial charge in [0.2, 0.25) is 0 Å². The Morgan fingerprint density at radius 1 is 1.20 bits per heavy atom. The molecule has 0 unspecified atom stereocenters. The summed E-state index contributed by atoms with van der Waals surface area (Å²) in [6.07, 6.45) is 5.83. The molecule has 3 rings (SSSR count). The zero-order valence-corrected chi connectivity index (χ0v) is 12.0. The van der Waals surface area contributed by atoms with Crippen molar-refractivity contribution in [3.05, 3.63) is 41.7 Å². The molecule has 1 aliphatic rings. The van der Waals surface area contributed by atoms with Gasteiger partial charge >= 0.3 is 0 Å². The maximum atomic E-state index is 5.95. The molecule has 2 aromatic rings. The molecule has 0 aliphatic heterocycles. The molecular weight excluding hydrogens is 246 g/mol.